The molecule has 164 valence electrons. The van der Waals surface area contributed by atoms with Gasteiger partial charge in [0.2, 0.25) is 0 Å². The number of Topliss-reactive ketones (excluding diaryl/α,β-unsaturated/α-hetero) is 1. The first-order valence-electron chi connectivity index (χ1n) is 10.5. The Bertz CT molecular complexity index is 1170. The molecule has 0 aliphatic carbocycles. The number of carbonyl (C=O) groups is 2. The second-order valence-electron chi connectivity index (χ2n) is 7.87. The molecule has 1 saturated heterocycles. The normalized spacial score (nSPS) is 14.8. The molecule has 3 aromatic rings. The van der Waals surface area contributed by atoms with Crippen molar-refractivity contribution < 1.29 is 14.0 Å². The Morgan fingerprint density at radius 1 is 0.875 bits per heavy atom. The Morgan fingerprint density at radius 3 is 2.19 bits per heavy atom. The number of aromatic nitrogens is 1. The molecule has 0 N–H and O–H groups in total. The number of benzene rings is 2. The lowest BCUT2D eigenvalue weighted by atomic mass is 10.0. The molecule has 0 saturated carbocycles. The maximum absolute atomic E-state index is 13.5. The fraction of sp³-hybridized carbons (Fsp3) is 0.240. The summed E-state index contributed by atoms with van der Waals surface area (Å²) in [7, 11) is 0. The highest BCUT2D eigenvalue weighted by molar-refractivity contribution is 6.11. The van der Waals surface area contributed by atoms with Gasteiger partial charge < -0.3 is 9.80 Å². The summed E-state index contributed by atoms with van der Waals surface area (Å²) in [5.41, 5.74) is 1.57. The van der Waals surface area contributed by atoms with Crippen molar-refractivity contribution in [1.82, 2.24) is 9.47 Å². The van der Waals surface area contributed by atoms with Gasteiger partial charge in [-0.15, -0.1) is 0 Å². The Balaban J connectivity index is 1.62. The van der Waals surface area contributed by atoms with Crippen LogP contribution in [0.15, 0.2) is 77.7 Å². The van der Waals surface area contributed by atoms with E-state index in [1.807, 2.05) is 30.3 Å². The number of pyridine rings is 1. The van der Waals surface area contributed by atoms with E-state index in [-0.39, 0.29) is 5.56 Å². The number of para-hydroxylation sites is 1. The van der Waals surface area contributed by atoms with E-state index in [0.29, 0.717) is 26.2 Å². The van der Waals surface area contributed by atoms with Gasteiger partial charge in [0, 0.05) is 49.7 Å². The molecule has 4 rings (SSSR count). The molecule has 2 aromatic carbocycles. The van der Waals surface area contributed by atoms with Crippen LogP contribution in [0.1, 0.15) is 22.0 Å². The van der Waals surface area contributed by atoms with Crippen LogP contribution in [0.25, 0.3) is 0 Å². The second kappa shape index (κ2) is 9.18. The fourth-order valence-electron chi connectivity index (χ4n) is 3.94. The summed E-state index contributed by atoms with van der Waals surface area (Å²) in [6, 6.07) is 16.6. The van der Waals surface area contributed by atoms with Crippen molar-refractivity contribution in [2.75, 3.05) is 31.1 Å². The van der Waals surface area contributed by atoms with Crippen molar-refractivity contribution in [3.8, 4) is 0 Å². The maximum Gasteiger partial charge on any atom is 0.253 e. The van der Waals surface area contributed by atoms with Crippen LogP contribution in [0, 0.1) is 12.7 Å². The molecule has 6 nitrogen and oxygen atoms in total. The maximum atomic E-state index is 13.5. The molecule has 1 atom stereocenters. The number of rotatable bonds is 5. The van der Waals surface area contributed by atoms with Crippen LogP contribution in [0.3, 0.4) is 0 Å². The fourth-order valence-corrected chi connectivity index (χ4v) is 3.94. The summed E-state index contributed by atoms with van der Waals surface area (Å²) >= 11 is 0. The highest BCUT2D eigenvalue weighted by Crippen LogP contribution is 2.21. The van der Waals surface area contributed by atoms with Crippen molar-refractivity contribution in [3.05, 3.63) is 100 Å². The quantitative estimate of drug-likeness (QED) is 0.458. The van der Waals surface area contributed by atoms with E-state index in [1.54, 1.807) is 17.9 Å². The van der Waals surface area contributed by atoms with Crippen LogP contribution < -0.4 is 10.5 Å². The van der Waals surface area contributed by atoms with Gasteiger partial charge in [0.25, 0.3) is 11.5 Å². The predicted octanol–water partition coefficient (Wildman–Crippen LogP) is 3.07. The highest BCUT2D eigenvalue weighted by atomic mass is 19.1. The van der Waals surface area contributed by atoms with Crippen LogP contribution in [0.4, 0.5) is 10.1 Å². The third-order valence-electron chi connectivity index (χ3n) is 5.69. The SMILES string of the molecule is Cc1ccc(=O)n(C(C(=O)c2ccc(F)cc2)C(=O)N2CCN(c3ccccc3)CC2)c1. The number of aryl methyl sites for hydroxylation is 1. The molecular formula is C25H24FN3O3. The van der Waals surface area contributed by atoms with E-state index in [9.17, 15) is 18.8 Å². The lowest BCUT2D eigenvalue weighted by Gasteiger charge is -2.37. The van der Waals surface area contributed by atoms with Crippen LogP contribution in [0.5, 0.6) is 0 Å². The van der Waals surface area contributed by atoms with Crippen LogP contribution >= 0.6 is 0 Å². The average molecular weight is 433 g/mol. The number of amides is 1. The van der Waals surface area contributed by atoms with Crippen molar-refractivity contribution in [2.45, 2.75) is 13.0 Å². The van der Waals surface area contributed by atoms with Crippen LogP contribution in [-0.2, 0) is 4.79 Å². The van der Waals surface area contributed by atoms with Gasteiger partial charge in [-0.3, -0.25) is 19.0 Å². The number of hydrogen-bond donors (Lipinski definition) is 0. The zero-order valence-corrected chi connectivity index (χ0v) is 17.8. The zero-order chi connectivity index (χ0) is 22.7. The third kappa shape index (κ3) is 4.46. The first kappa shape index (κ1) is 21.5. The van der Waals surface area contributed by atoms with Gasteiger partial charge in [-0.2, -0.15) is 0 Å². The minimum Gasteiger partial charge on any atom is -0.368 e. The molecule has 1 amide bonds. The first-order valence-corrected chi connectivity index (χ1v) is 10.5. The summed E-state index contributed by atoms with van der Waals surface area (Å²) in [4.78, 5) is 43.3. The highest BCUT2D eigenvalue weighted by Gasteiger charge is 2.35. The number of hydrogen-bond acceptors (Lipinski definition) is 4. The molecule has 2 heterocycles. The molecule has 7 heteroatoms. The molecular weight excluding hydrogens is 409 g/mol. The van der Waals surface area contributed by atoms with Gasteiger partial charge in [0.05, 0.1) is 0 Å². The Labute approximate surface area is 185 Å². The molecule has 0 radical (unpaired) electrons. The largest absolute Gasteiger partial charge is 0.368 e. The van der Waals surface area contributed by atoms with E-state index in [0.717, 1.165) is 11.3 Å². The van der Waals surface area contributed by atoms with Crippen LogP contribution in [0.2, 0.25) is 0 Å². The summed E-state index contributed by atoms with van der Waals surface area (Å²) < 4.78 is 14.6. The summed E-state index contributed by atoms with van der Waals surface area (Å²) in [6.45, 7) is 3.90. The number of anilines is 1. The minimum atomic E-state index is -1.34. The Hall–Kier alpha value is -3.74. The average Bonchev–Trinajstić information content (AvgIpc) is 2.82. The van der Waals surface area contributed by atoms with Crippen molar-refractivity contribution in [3.63, 3.8) is 0 Å². The molecule has 1 fully saturated rings. The number of ketones is 1. The Morgan fingerprint density at radius 2 is 1.53 bits per heavy atom. The zero-order valence-electron chi connectivity index (χ0n) is 17.8. The van der Waals surface area contributed by atoms with E-state index < -0.39 is 29.1 Å². The summed E-state index contributed by atoms with van der Waals surface area (Å²) in [6.07, 6.45) is 1.52. The Kier molecular flexibility index (Phi) is 6.16. The van der Waals surface area contributed by atoms with E-state index in [2.05, 4.69) is 4.90 Å². The summed E-state index contributed by atoms with van der Waals surface area (Å²) in [5.74, 6) is -1.44. The van der Waals surface area contributed by atoms with Crippen molar-refractivity contribution in [1.29, 1.82) is 0 Å². The number of carbonyl (C=O) groups excluding carboxylic acids is 2. The minimum absolute atomic E-state index is 0.182. The van der Waals surface area contributed by atoms with Gasteiger partial charge in [0.1, 0.15) is 5.82 Å². The van der Waals surface area contributed by atoms with E-state index in [4.69, 9.17) is 0 Å². The first-order chi connectivity index (χ1) is 15.4. The molecule has 1 aliphatic rings. The molecule has 1 unspecified atom stereocenters. The number of halogens is 1. The van der Waals surface area contributed by atoms with E-state index >= 15 is 0 Å². The molecule has 0 bridgehead atoms. The number of piperazine rings is 1. The van der Waals surface area contributed by atoms with Gasteiger partial charge in [0.15, 0.2) is 11.8 Å². The van der Waals surface area contributed by atoms with Crippen molar-refractivity contribution in [2.24, 2.45) is 0 Å². The van der Waals surface area contributed by atoms with Gasteiger partial charge in [-0.05, 0) is 48.9 Å². The number of nitrogens with zero attached hydrogens (tertiary/aromatic N) is 3. The van der Waals surface area contributed by atoms with Gasteiger partial charge in [-0.1, -0.05) is 24.3 Å². The summed E-state index contributed by atoms with van der Waals surface area (Å²) in [5, 5.41) is 0. The molecule has 0 spiro atoms. The molecule has 32 heavy (non-hydrogen) atoms. The molecule has 1 aliphatic heterocycles. The third-order valence-corrected chi connectivity index (χ3v) is 5.69. The van der Waals surface area contributed by atoms with Gasteiger partial charge >= 0.3 is 0 Å². The van der Waals surface area contributed by atoms with E-state index in [1.165, 1.54) is 41.1 Å². The van der Waals surface area contributed by atoms with Crippen molar-refractivity contribution >= 4 is 17.4 Å². The lowest BCUT2D eigenvalue weighted by Crippen LogP contribution is -2.52. The topological polar surface area (TPSA) is 62.6 Å². The van der Waals surface area contributed by atoms with Crippen LogP contribution in [-0.4, -0.2) is 47.3 Å². The standard InChI is InChI=1S/C25H24FN3O3/c1-18-7-12-22(30)29(17-18)23(24(31)19-8-10-20(26)11-9-19)25(32)28-15-13-27(14-16-28)21-5-3-2-4-6-21/h2-12,17,23H,13-16H2,1H3. The lowest BCUT2D eigenvalue weighted by molar-refractivity contribution is -0.133. The second-order valence-corrected chi connectivity index (χ2v) is 7.87. The predicted molar refractivity (Wildman–Crippen MR) is 120 cm³/mol. The smallest absolute Gasteiger partial charge is 0.253 e. The van der Waals surface area contributed by atoms with Gasteiger partial charge in [-0.25, -0.2) is 4.39 Å². The molecule has 1 aromatic heterocycles. The monoisotopic (exact) mass is 433 g/mol.